The van der Waals surface area contributed by atoms with Gasteiger partial charge < -0.3 is 19.7 Å². The maximum Gasteiger partial charge on any atom is 0.317 e. The minimum absolute atomic E-state index is 0.00328. The fourth-order valence-electron chi connectivity index (χ4n) is 2.49. The number of carbonyl (C=O) groups is 1. The van der Waals surface area contributed by atoms with Crippen molar-refractivity contribution in [2.45, 2.75) is 12.8 Å². The van der Waals surface area contributed by atoms with Crippen LogP contribution in [0.2, 0.25) is 0 Å². The van der Waals surface area contributed by atoms with Gasteiger partial charge in [0.25, 0.3) is 0 Å². The molecule has 0 unspecified atom stereocenters. The molecule has 21 heavy (non-hydrogen) atoms. The first-order chi connectivity index (χ1) is 10.3. The SMILES string of the molecule is COCCNC(=O)N1CCC[C@H](COc2ccccc2)C1. The second-order valence-electron chi connectivity index (χ2n) is 5.30. The van der Waals surface area contributed by atoms with Crippen molar-refractivity contribution in [3.63, 3.8) is 0 Å². The summed E-state index contributed by atoms with van der Waals surface area (Å²) in [5.74, 6) is 1.28. The van der Waals surface area contributed by atoms with E-state index in [2.05, 4.69) is 5.32 Å². The molecule has 0 spiro atoms. The Morgan fingerprint density at radius 2 is 2.19 bits per heavy atom. The minimum atomic E-state index is -0.00328. The van der Waals surface area contributed by atoms with Gasteiger partial charge in [-0.3, -0.25) is 0 Å². The number of rotatable bonds is 6. The maximum absolute atomic E-state index is 12.0. The third-order valence-corrected chi connectivity index (χ3v) is 3.62. The summed E-state index contributed by atoms with van der Waals surface area (Å²) in [5, 5.41) is 2.87. The van der Waals surface area contributed by atoms with Crippen LogP contribution in [0, 0.1) is 5.92 Å². The number of hydrogen-bond acceptors (Lipinski definition) is 3. The summed E-state index contributed by atoms with van der Waals surface area (Å²) in [7, 11) is 1.63. The van der Waals surface area contributed by atoms with Crippen LogP contribution in [0.15, 0.2) is 30.3 Å². The Balaban J connectivity index is 1.74. The molecule has 2 amide bonds. The van der Waals surface area contributed by atoms with Crippen LogP contribution in [-0.2, 0) is 4.74 Å². The number of nitrogens with one attached hydrogen (secondary N) is 1. The van der Waals surface area contributed by atoms with Gasteiger partial charge in [-0.15, -0.1) is 0 Å². The highest BCUT2D eigenvalue weighted by Gasteiger charge is 2.23. The van der Waals surface area contributed by atoms with Crippen LogP contribution in [0.1, 0.15) is 12.8 Å². The molecule has 1 aliphatic rings. The number of nitrogens with zero attached hydrogens (tertiary/aromatic N) is 1. The normalized spacial score (nSPS) is 18.3. The molecule has 1 saturated heterocycles. The van der Waals surface area contributed by atoms with E-state index in [-0.39, 0.29) is 6.03 Å². The molecule has 116 valence electrons. The Morgan fingerprint density at radius 3 is 2.95 bits per heavy atom. The van der Waals surface area contributed by atoms with E-state index in [0.717, 1.165) is 31.7 Å². The number of amides is 2. The fourth-order valence-corrected chi connectivity index (χ4v) is 2.49. The molecular weight excluding hydrogens is 268 g/mol. The predicted octanol–water partition coefficient (Wildman–Crippen LogP) is 2.13. The lowest BCUT2D eigenvalue weighted by molar-refractivity contribution is 0.134. The number of ether oxygens (including phenoxy) is 2. The van der Waals surface area contributed by atoms with Crippen molar-refractivity contribution >= 4 is 6.03 Å². The van der Waals surface area contributed by atoms with Gasteiger partial charge in [-0.25, -0.2) is 4.79 Å². The standard InChI is InChI=1S/C16H24N2O3/c1-20-11-9-17-16(19)18-10-5-6-14(12-18)13-21-15-7-3-2-4-8-15/h2-4,7-8,14H,5-6,9-13H2,1H3,(H,17,19)/t14-/m0/s1. The summed E-state index contributed by atoms with van der Waals surface area (Å²) in [4.78, 5) is 13.9. The largest absolute Gasteiger partial charge is 0.493 e. The van der Waals surface area contributed by atoms with Crippen molar-refractivity contribution in [2.75, 3.05) is 40.0 Å². The quantitative estimate of drug-likeness (QED) is 0.817. The number of para-hydroxylation sites is 1. The topological polar surface area (TPSA) is 50.8 Å². The van der Waals surface area contributed by atoms with E-state index in [4.69, 9.17) is 9.47 Å². The van der Waals surface area contributed by atoms with Gasteiger partial charge in [-0.2, -0.15) is 0 Å². The fraction of sp³-hybridized carbons (Fsp3) is 0.562. The van der Waals surface area contributed by atoms with E-state index < -0.39 is 0 Å². The molecule has 1 atom stereocenters. The molecule has 0 saturated carbocycles. The van der Waals surface area contributed by atoms with E-state index in [9.17, 15) is 4.79 Å². The summed E-state index contributed by atoms with van der Waals surface area (Å²) in [6, 6.07) is 9.81. The van der Waals surface area contributed by atoms with Crippen LogP contribution in [0.4, 0.5) is 4.79 Å². The van der Waals surface area contributed by atoms with Crippen LogP contribution in [-0.4, -0.2) is 50.9 Å². The third-order valence-electron chi connectivity index (χ3n) is 3.62. The monoisotopic (exact) mass is 292 g/mol. The lowest BCUT2D eigenvalue weighted by atomic mass is 9.99. The van der Waals surface area contributed by atoms with Crippen molar-refractivity contribution in [1.29, 1.82) is 0 Å². The minimum Gasteiger partial charge on any atom is -0.493 e. The second-order valence-corrected chi connectivity index (χ2v) is 5.30. The third kappa shape index (κ3) is 5.27. The molecule has 1 heterocycles. The molecular formula is C16H24N2O3. The molecule has 0 bridgehead atoms. The van der Waals surface area contributed by atoms with Crippen LogP contribution >= 0.6 is 0 Å². The molecule has 0 aromatic heterocycles. The molecule has 1 N–H and O–H groups in total. The zero-order valence-electron chi connectivity index (χ0n) is 12.6. The zero-order valence-corrected chi connectivity index (χ0v) is 12.6. The Labute approximate surface area is 126 Å². The second kappa shape index (κ2) is 8.52. The van der Waals surface area contributed by atoms with Crippen molar-refractivity contribution in [3.05, 3.63) is 30.3 Å². The molecule has 1 aliphatic heterocycles. The van der Waals surface area contributed by atoms with Gasteiger partial charge in [-0.1, -0.05) is 18.2 Å². The van der Waals surface area contributed by atoms with Crippen LogP contribution in [0.25, 0.3) is 0 Å². The van der Waals surface area contributed by atoms with Crippen LogP contribution in [0.5, 0.6) is 5.75 Å². The van der Waals surface area contributed by atoms with E-state index in [1.165, 1.54) is 0 Å². The number of benzene rings is 1. The van der Waals surface area contributed by atoms with E-state index in [1.54, 1.807) is 7.11 Å². The zero-order chi connectivity index (χ0) is 14.9. The van der Waals surface area contributed by atoms with Gasteiger partial charge in [0.05, 0.1) is 13.2 Å². The predicted molar refractivity (Wildman–Crippen MR) is 81.5 cm³/mol. The highest BCUT2D eigenvalue weighted by Crippen LogP contribution is 2.18. The first kappa shape index (κ1) is 15.6. The van der Waals surface area contributed by atoms with E-state index in [0.29, 0.717) is 25.7 Å². The highest BCUT2D eigenvalue weighted by molar-refractivity contribution is 5.74. The van der Waals surface area contributed by atoms with Crippen molar-refractivity contribution in [2.24, 2.45) is 5.92 Å². The van der Waals surface area contributed by atoms with Crippen molar-refractivity contribution in [3.8, 4) is 5.75 Å². The van der Waals surface area contributed by atoms with Crippen LogP contribution < -0.4 is 10.1 Å². The van der Waals surface area contributed by atoms with Gasteiger partial charge in [0, 0.05) is 32.7 Å². The Hall–Kier alpha value is -1.75. The highest BCUT2D eigenvalue weighted by atomic mass is 16.5. The molecule has 0 aliphatic carbocycles. The molecule has 1 fully saturated rings. The molecule has 5 nitrogen and oxygen atoms in total. The van der Waals surface area contributed by atoms with E-state index in [1.807, 2.05) is 35.2 Å². The average molecular weight is 292 g/mol. The van der Waals surface area contributed by atoms with Crippen molar-refractivity contribution < 1.29 is 14.3 Å². The summed E-state index contributed by atoms with van der Waals surface area (Å²) < 4.78 is 10.7. The summed E-state index contributed by atoms with van der Waals surface area (Å²) in [6.45, 7) is 3.33. The first-order valence-electron chi connectivity index (χ1n) is 7.49. The molecule has 2 rings (SSSR count). The number of piperidine rings is 1. The number of hydrogen-bond donors (Lipinski definition) is 1. The number of urea groups is 1. The molecule has 5 heteroatoms. The number of carbonyl (C=O) groups excluding carboxylic acids is 1. The van der Waals surface area contributed by atoms with Crippen LogP contribution in [0.3, 0.4) is 0 Å². The number of likely N-dealkylation sites (tertiary alicyclic amines) is 1. The van der Waals surface area contributed by atoms with Gasteiger partial charge in [0.15, 0.2) is 0 Å². The molecule has 1 aromatic carbocycles. The smallest absolute Gasteiger partial charge is 0.317 e. The van der Waals surface area contributed by atoms with Crippen molar-refractivity contribution in [1.82, 2.24) is 10.2 Å². The lowest BCUT2D eigenvalue weighted by Crippen LogP contribution is -2.47. The van der Waals surface area contributed by atoms with Gasteiger partial charge in [0.1, 0.15) is 5.75 Å². The number of methoxy groups -OCH3 is 1. The Kier molecular flexibility index (Phi) is 6.34. The summed E-state index contributed by atoms with van der Waals surface area (Å²) in [5.41, 5.74) is 0. The van der Waals surface area contributed by atoms with Gasteiger partial charge in [0.2, 0.25) is 0 Å². The van der Waals surface area contributed by atoms with Gasteiger partial charge >= 0.3 is 6.03 Å². The summed E-state index contributed by atoms with van der Waals surface area (Å²) in [6.07, 6.45) is 2.13. The average Bonchev–Trinajstić information content (AvgIpc) is 2.54. The maximum atomic E-state index is 12.0. The van der Waals surface area contributed by atoms with E-state index >= 15 is 0 Å². The Morgan fingerprint density at radius 1 is 1.38 bits per heavy atom. The first-order valence-corrected chi connectivity index (χ1v) is 7.49. The summed E-state index contributed by atoms with van der Waals surface area (Å²) >= 11 is 0. The van der Waals surface area contributed by atoms with Gasteiger partial charge in [-0.05, 0) is 25.0 Å². The Bertz CT molecular complexity index is 425. The lowest BCUT2D eigenvalue weighted by Gasteiger charge is -2.32. The molecule has 1 aromatic rings. The molecule has 0 radical (unpaired) electrons.